The van der Waals surface area contributed by atoms with Gasteiger partial charge in [-0.3, -0.25) is 4.99 Å². The van der Waals surface area contributed by atoms with Crippen molar-refractivity contribution in [1.29, 1.82) is 0 Å². The van der Waals surface area contributed by atoms with Gasteiger partial charge in [0.05, 0.1) is 12.3 Å². The van der Waals surface area contributed by atoms with Crippen molar-refractivity contribution in [3.05, 3.63) is 0 Å². The Morgan fingerprint density at radius 2 is 1.89 bits per heavy atom. The minimum Gasteiger partial charge on any atom is -0.357 e. The highest BCUT2D eigenvalue weighted by Gasteiger charge is 2.14. The molecule has 0 spiro atoms. The van der Waals surface area contributed by atoms with Crippen LogP contribution in [0, 0.1) is 0 Å². The third-order valence-electron chi connectivity index (χ3n) is 3.40. The molecular weight excluding hydrogens is 262 g/mol. The van der Waals surface area contributed by atoms with Crippen molar-refractivity contribution in [3.63, 3.8) is 0 Å². The second kappa shape index (κ2) is 8.40. The number of hydrogen-bond donors (Lipinski definition) is 2. The van der Waals surface area contributed by atoms with E-state index in [0.717, 1.165) is 12.5 Å². The Morgan fingerprint density at radius 1 is 1.21 bits per heavy atom. The lowest BCUT2D eigenvalue weighted by Gasteiger charge is -2.24. The fourth-order valence-corrected chi connectivity index (χ4v) is 2.86. The largest absolute Gasteiger partial charge is 0.357 e. The van der Waals surface area contributed by atoms with Crippen molar-refractivity contribution < 1.29 is 8.42 Å². The molecule has 0 radical (unpaired) electrons. The van der Waals surface area contributed by atoms with E-state index in [4.69, 9.17) is 0 Å². The van der Waals surface area contributed by atoms with Crippen LogP contribution in [0.3, 0.4) is 0 Å². The number of guanidine groups is 1. The molecule has 0 aromatic rings. The molecule has 0 amide bonds. The first-order chi connectivity index (χ1) is 9.07. The van der Waals surface area contributed by atoms with E-state index in [1.807, 2.05) is 6.92 Å². The third kappa shape index (κ3) is 6.80. The second-order valence-electron chi connectivity index (χ2n) is 4.98. The van der Waals surface area contributed by atoms with Crippen LogP contribution in [0.2, 0.25) is 0 Å². The Kier molecular flexibility index (Phi) is 7.20. The van der Waals surface area contributed by atoms with Crippen LogP contribution < -0.4 is 10.6 Å². The highest BCUT2D eigenvalue weighted by Crippen LogP contribution is 2.17. The lowest BCUT2D eigenvalue weighted by atomic mass is 9.96. The fourth-order valence-electron chi connectivity index (χ4n) is 2.20. The van der Waals surface area contributed by atoms with Crippen molar-refractivity contribution in [2.45, 2.75) is 52.0 Å². The number of hydrogen-bond acceptors (Lipinski definition) is 3. The van der Waals surface area contributed by atoms with E-state index < -0.39 is 9.84 Å². The predicted molar refractivity (Wildman–Crippen MR) is 80.3 cm³/mol. The maximum absolute atomic E-state index is 11.4. The van der Waals surface area contributed by atoms with Gasteiger partial charge < -0.3 is 10.6 Å². The molecule has 1 saturated carbocycles. The summed E-state index contributed by atoms with van der Waals surface area (Å²) in [6, 6.07) is 0.481. The zero-order chi connectivity index (χ0) is 14.1. The molecule has 1 fully saturated rings. The van der Waals surface area contributed by atoms with E-state index in [9.17, 15) is 8.42 Å². The normalized spacial score (nSPS) is 18.3. The number of sulfone groups is 1. The van der Waals surface area contributed by atoms with E-state index in [0.29, 0.717) is 12.6 Å². The maximum atomic E-state index is 11.4. The minimum absolute atomic E-state index is 0.130. The summed E-state index contributed by atoms with van der Waals surface area (Å²) in [5, 5.41) is 6.58. The van der Waals surface area contributed by atoms with Gasteiger partial charge >= 0.3 is 0 Å². The summed E-state index contributed by atoms with van der Waals surface area (Å²) < 4.78 is 22.8. The van der Waals surface area contributed by atoms with Crippen LogP contribution in [0.4, 0.5) is 0 Å². The van der Waals surface area contributed by atoms with Gasteiger partial charge in [0.2, 0.25) is 0 Å². The third-order valence-corrected chi connectivity index (χ3v) is 5.09. The molecule has 1 aliphatic carbocycles. The summed E-state index contributed by atoms with van der Waals surface area (Å²) in [4.78, 5) is 4.36. The first-order valence-corrected chi connectivity index (χ1v) is 9.14. The Hall–Kier alpha value is -0.780. The molecule has 0 bridgehead atoms. The molecule has 0 aromatic heterocycles. The average Bonchev–Trinajstić information content (AvgIpc) is 2.40. The Morgan fingerprint density at radius 3 is 2.47 bits per heavy atom. The summed E-state index contributed by atoms with van der Waals surface area (Å²) in [7, 11) is -2.93. The lowest BCUT2D eigenvalue weighted by Crippen LogP contribution is -2.44. The number of nitrogens with zero attached hydrogens (tertiary/aromatic N) is 1. The Balaban J connectivity index is 2.45. The molecule has 2 N–H and O–H groups in total. The number of rotatable bonds is 6. The predicted octanol–water partition coefficient (Wildman–Crippen LogP) is 1.31. The van der Waals surface area contributed by atoms with Gasteiger partial charge in [0.15, 0.2) is 15.8 Å². The van der Waals surface area contributed by atoms with Crippen LogP contribution >= 0.6 is 0 Å². The summed E-state index contributed by atoms with van der Waals surface area (Å²) in [6.45, 7) is 4.81. The fraction of sp³-hybridized carbons (Fsp3) is 0.923. The molecule has 0 atom stereocenters. The topological polar surface area (TPSA) is 70.6 Å². The Bertz CT molecular complexity index is 373. The smallest absolute Gasteiger partial charge is 0.191 e. The van der Waals surface area contributed by atoms with Gasteiger partial charge in [-0.25, -0.2) is 8.42 Å². The molecule has 1 aliphatic rings. The molecule has 0 heterocycles. The molecule has 1 rings (SSSR count). The van der Waals surface area contributed by atoms with Gasteiger partial charge in [-0.1, -0.05) is 26.2 Å². The van der Waals surface area contributed by atoms with E-state index in [1.165, 1.54) is 32.1 Å². The zero-order valence-corrected chi connectivity index (χ0v) is 12.9. The van der Waals surface area contributed by atoms with E-state index >= 15 is 0 Å². The number of nitrogens with one attached hydrogen (secondary N) is 2. The lowest BCUT2D eigenvalue weighted by molar-refractivity contribution is 0.410. The molecule has 6 heteroatoms. The van der Waals surface area contributed by atoms with Gasteiger partial charge in [-0.2, -0.15) is 0 Å². The maximum Gasteiger partial charge on any atom is 0.191 e. The zero-order valence-electron chi connectivity index (χ0n) is 12.1. The standard InChI is InChI=1S/C13H27N3O2S/c1-3-14-13(15-10-11-19(17,18)4-2)16-12-8-6-5-7-9-12/h12H,3-11H2,1-2H3,(H2,14,15,16). The van der Waals surface area contributed by atoms with Crippen LogP contribution in [-0.2, 0) is 9.84 Å². The van der Waals surface area contributed by atoms with Crippen LogP contribution in [0.5, 0.6) is 0 Å². The van der Waals surface area contributed by atoms with Crippen molar-refractivity contribution in [1.82, 2.24) is 10.6 Å². The number of aliphatic imine (C=N–C) groups is 1. The molecule has 5 nitrogen and oxygen atoms in total. The first kappa shape index (κ1) is 16.3. The summed E-state index contributed by atoms with van der Waals surface area (Å²) >= 11 is 0. The van der Waals surface area contributed by atoms with Crippen molar-refractivity contribution in [3.8, 4) is 0 Å². The van der Waals surface area contributed by atoms with Gasteiger partial charge in [-0.15, -0.1) is 0 Å². The van der Waals surface area contributed by atoms with Crippen LogP contribution in [-0.4, -0.2) is 45.0 Å². The van der Waals surface area contributed by atoms with Crippen LogP contribution in [0.1, 0.15) is 46.0 Å². The SMILES string of the molecule is CCNC(=NCCS(=O)(=O)CC)NC1CCCCC1. The van der Waals surface area contributed by atoms with Gasteiger partial charge in [0, 0.05) is 18.3 Å². The van der Waals surface area contributed by atoms with Crippen LogP contribution in [0.15, 0.2) is 4.99 Å². The first-order valence-electron chi connectivity index (χ1n) is 7.32. The summed E-state index contributed by atoms with van der Waals surface area (Å²) in [6.07, 6.45) is 6.21. The molecule has 0 unspecified atom stereocenters. The van der Waals surface area contributed by atoms with Crippen LogP contribution in [0.25, 0.3) is 0 Å². The van der Waals surface area contributed by atoms with Crippen molar-refractivity contribution >= 4 is 15.8 Å². The quantitative estimate of drug-likeness (QED) is 0.571. The monoisotopic (exact) mass is 289 g/mol. The van der Waals surface area contributed by atoms with Gasteiger partial charge in [0.25, 0.3) is 0 Å². The molecule has 0 saturated heterocycles. The molecule has 19 heavy (non-hydrogen) atoms. The van der Waals surface area contributed by atoms with Crippen molar-refractivity contribution in [2.75, 3.05) is 24.6 Å². The van der Waals surface area contributed by atoms with E-state index in [1.54, 1.807) is 6.92 Å². The molecule has 112 valence electrons. The van der Waals surface area contributed by atoms with Gasteiger partial charge in [-0.05, 0) is 19.8 Å². The van der Waals surface area contributed by atoms with Crippen molar-refractivity contribution in [2.24, 2.45) is 4.99 Å². The second-order valence-corrected chi connectivity index (χ2v) is 7.45. The van der Waals surface area contributed by atoms with Gasteiger partial charge in [0.1, 0.15) is 0 Å². The highest BCUT2D eigenvalue weighted by atomic mass is 32.2. The average molecular weight is 289 g/mol. The molecular formula is C13H27N3O2S. The summed E-state index contributed by atoms with van der Waals surface area (Å²) in [5.74, 6) is 1.07. The highest BCUT2D eigenvalue weighted by molar-refractivity contribution is 7.91. The Labute approximate surface area is 117 Å². The van der Waals surface area contributed by atoms with E-state index in [2.05, 4.69) is 15.6 Å². The molecule has 0 aromatic carbocycles. The molecule has 0 aliphatic heterocycles. The minimum atomic E-state index is -2.93. The van der Waals surface area contributed by atoms with E-state index in [-0.39, 0.29) is 11.5 Å². The summed E-state index contributed by atoms with van der Waals surface area (Å²) in [5.41, 5.74) is 0.